The number of hydrogen-bond acceptors (Lipinski definition) is 3. The molecule has 1 aromatic carbocycles. The monoisotopic (exact) mass is 263 g/mol. The van der Waals surface area contributed by atoms with E-state index < -0.39 is 0 Å². The minimum absolute atomic E-state index is 0.159. The highest BCUT2D eigenvalue weighted by atomic mass is 16.2. The molecule has 1 rings (SSSR count). The number of rotatable bonds is 7. The van der Waals surface area contributed by atoms with Gasteiger partial charge in [-0.25, -0.2) is 0 Å². The third kappa shape index (κ3) is 4.91. The second-order valence-electron chi connectivity index (χ2n) is 4.95. The number of benzene rings is 1. The first-order chi connectivity index (χ1) is 9.06. The third-order valence-electron chi connectivity index (χ3n) is 3.18. The number of para-hydroxylation sites is 1. The fourth-order valence-corrected chi connectivity index (χ4v) is 2.01. The van der Waals surface area contributed by atoms with E-state index in [0.29, 0.717) is 13.0 Å². The van der Waals surface area contributed by atoms with E-state index >= 15 is 0 Å². The van der Waals surface area contributed by atoms with Crippen LogP contribution in [0.15, 0.2) is 24.3 Å². The molecule has 19 heavy (non-hydrogen) atoms. The Balaban J connectivity index is 2.72. The zero-order valence-corrected chi connectivity index (χ0v) is 12.2. The van der Waals surface area contributed by atoms with Gasteiger partial charge in [0, 0.05) is 39.3 Å². The molecule has 1 amide bonds. The van der Waals surface area contributed by atoms with Crippen molar-refractivity contribution in [1.29, 1.82) is 0 Å². The average Bonchev–Trinajstić information content (AvgIpc) is 2.39. The molecule has 0 saturated heterocycles. The summed E-state index contributed by atoms with van der Waals surface area (Å²) in [5.41, 5.74) is 8.03. The molecule has 4 nitrogen and oxygen atoms in total. The summed E-state index contributed by atoms with van der Waals surface area (Å²) in [6.45, 7) is 4.40. The predicted molar refractivity (Wildman–Crippen MR) is 80.4 cm³/mol. The zero-order valence-electron chi connectivity index (χ0n) is 12.2. The van der Waals surface area contributed by atoms with Crippen LogP contribution in [0.1, 0.15) is 18.4 Å². The van der Waals surface area contributed by atoms with Gasteiger partial charge in [0.15, 0.2) is 0 Å². The molecule has 0 bridgehead atoms. The van der Waals surface area contributed by atoms with Crippen molar-refractivity contribution < 1.29 is 4.79 Å². The fraction of sp³-hybridized carbons (Fsp3) is 0.533. The second kappa shape index (κ2) is 7.79. The van der Waals surface area contributed by atoms with Crippen LogP contribution in [-0.4, -0.2) is 44.5 Å². The van der Waals surface area contributed by atoms with Crippen molar-refractivity contribution >= 4 is 11.6 Å². The van der Waals surface area contributed by atoms with Gasteiger partial charge < -0.3 is 15.5 Å². The number of nitrogens with zero attached hydrogens (tertiary/aromatic N) is 2. The number of amides is 1. The van der Waals surface area contributed by atoms with Gasteiger partial charge in [0.1, 0.15) is 0 Å². The van der Waals surface area contributed by atoms with E-state index in [0.717, 1.165) is 19.5 Å². The number of carbonyl (C=O) groups is 1. The molecule has 0 aliphatic rings. The molecule has 4 heteroatoms. The largest absolute Gasteiger partial charge is 0.371 e. The van der Waals surface area contributed by atoms with E-state index in [4.69, 9.17) is 5.73 Å². The molecule has 0 atom stereocenters. The third-order valence-corrected chi connectivity index (χ3v) is 3.18. The van der Waals surface area contributed by atoms with E-state index in [-0.39, 0.29) is 5.91 Å². The van der Waals surface area contributed by atoms with Crippen molar-refractivity contribution in [3.63, 3.8) is 0 Å². The maximum atomic E-state index is 11.7. The zero-order chi connectivity index (χ0) is 14.3. The summed E-state index contributed by atoms with van der Waals surface area (Å²) in [7, 11) is 3.58. The van der Waals surface area contributed by atoms with Gasteiger partial charge in [-0.3, -0.25) is 4.79 Å². The Labute approximate surface area is 116 Å². The van der Waals surface area contributed by atoms with Gasteiger partial charge in [0.2, 0.25) is 5.91 Å². The molecule has 106 valence electrons. The van der Waals surface area contributed by atoms with Crippen LogP contribution in [0.5, 0.6) is 0 Å². The summed E-state index contributed by atoms with van der Waals surface area (Å²) in [5, 5.41) is 0. The lowest BCUT2D eigenvalue weighted by Crippen LogP contribution is -2.32. The number of aryl methyl sites for hydroxylation is 1. The quantitative estimate of drug-likeness (QED) is 0.813. The van der Waals surface area contributed by atoms with E-state index in [9.17, 15) is 4.79 Å². The van der Waals surface area contributed by atoms with Crippen LogP contribution < -0.4 is 10.6 Å². The Morgan fingerprint density at radius 1 is 1.21 bits per heavy atom. The van der Waals surface area contributed by atoms with Gasteiger partial charge in [0.25, 0.3) is 0 Å². The van der Waals surface area contributed by atoms with Gasteiger partial charge in [0.05, 0.1) is 0 Å². The Morgan fingerprint density at radius 3 is 2.47 bits per heavy atom. The molecule has 0 radical (unpaired) electrons. The molecule has 1 aromatic rings. The van der Waals surface area contributed by atoms with Crippen molar-refractivity contribution in [2.75, 3.05) is 38.6 Å². The topological polar surface area (TPSA) is 49.6 Å². The summed E-state index contributed by atoms with van der Waals surface area (Å²) in [5.74, 6) is 0.159. The Bertz CT molecular complexity index is 404. The normalized spacial score (nSPS) is 10.3. The molecule has 0 fully saturated rings. The first kappa shape index (κ1) is 15.5. The van der Waals surface area contributed by atoms with E-state index in [1.807, 2.05) is 12.1 Å². The van der Waals surface area contributed by atoms with Crippen molar-refractivity contribution in [2.45, 2.75) is 19.8 Å². The van der Waals surface area contributed by atoms with Crippen LogP contribution >= 0.6 is 0 Å². The number of anilines is 1. The van der Waals surface area contributed by atoms with Crippen molar-refractivity contribution in [3.8, 4) is 0 Å². The smallest absolute Gasteiger partial charge is 0.223 e. The lowest BCUT2D eigenvalue weighted by Gasteiger charge is -2.26. The minimum Gasteiger partial charge on any atom is -0.371 e. The number of nitrogens with two attached hydrogens (primary N) is 1. The maximum absolute atomic E-state index is 11.7. The van der Waals surface area contributed by atoms with Crippen LogP contribution in [0.2, 0.25) is 0 Å². The van der Waals surface area contributed by atoms with Gasteiger partial charge >= 0.3 is 0 Å². The summed E-state index contributed by atoms with van der Waals surface area (Å²) >= 11 is 0. The Hall–Kier alpha value is -1.55. The average molecular weight is 263 g/mol. The molecular formula is C15H25N3O. The van der Waals surface area contributed by atoms with Gasteiger partial charge in [-0.2, -0.15) is 0 Å². The highest BCUT2D eigenvalue weighted by Crippen LogP contribution is 2.19. The minimum atomic E-state index is 0.159. The lowest BCUT2D eigenvalue weighted by molar-refractivity contribution is -0.128. The number of carbonyl (C=O) groups excluding carboxylic acids is 1. The highest BCUT2D eigenvalue weighted by Gasteiger charge is 2.11. The summed E-state index contributed by atoms with van der Waals surface area (Å²) in [6.07, 6.45) is 1.47. The summed E-state index contributed by atoms with van der Waals surface area (Å²) < 4.78 is 0. The Morgan fingerprint density at radius 2 is 1.89 bits per heavy atom. The second-order valence-corrected chi connectivity index (χ2v) is 4.95. The molecular weight excluding hydrogens is 238 g/mol. The van der Waals surface area contributed by atoms with Crippen LogP contribution in [0.3, 0.4) is 0 Å². The lowest BCUT2D eigenvalue weighted by atomic mass is 10.1. The van der Waals surface area contributed by atoms with E-state index in [1.54, 1.807) is 19.0 Å². The predicted octanol–water partition coefficient (Wildman–Crippen LogP) is 1.63. The van der Waals surface area contributed by atoms with Gasteiger partial charge in [-0.05, 0) is 31.5 Å². The van der Waals surface area contributed by atoms with E-state index in [1.165, 1.54) is 11.3 Å². The first-order valence-corrected chi connectivity index (χ1v) is 6.77. The molecule has 2 N–H and O–H groups in total. The van der Waals surface area contributed by atoms with E-state index in [2.05, 4.69) is 24.0 Å². The van der Waals surface area contributed by atoms with Gasteiger partial charge in [-0.1, -0.05) is 18.2 Å². The molecule has 0 aliphatic heterocycles. The molecule has 0 heterocycles. The molecule has 0 aliphatic carbocycles. The fourth-order valence-electron chi connectivity index (χ4n) is 2.01. The molecule has 0 saturated carbocycles. The van der Waals surface area contributed by atoms with Crippen LogP contribution in [0, 0.1) is 6.92 Å². The van der Waals surface area contributed by atoms with Crippen LogP contribution in [0.25, 0.3) is 0 Å². The maximum Gasteiger partial charge on any atom is 0.223 e. The van der Waals surface area contributed by atoms with Gasteiger partial charge in [-0.15, -0.1) is 0 Å². The van der Waals surface area contributed by atoms with Crippen molar-refractivity contribution in [2.24, 2.45) is 5.73 Å². The van der Waals surface area contributed by atoms with Crippen LogP contribution in [-0.2, 0) is 4.79 Å². The molecule has 0 aromatic heterocycles. The summed E-state index contributed by atoms with van der Waals surface area (Å²) in [6, 6.07) is 8.26. The highest BCUT2D eigenvalue weighted by molar-refractivity contribution is 5.76. The van der Waals surface area contributed by atoms with Crippen molar-refractivity contribution in [3.05, 3.63) is 29.8 Å². The number of hydrogen-bond donors (Lipinski definition) is 1. The van der Waals surface area contributed by atoms with Crippen LogP contribution in [0.4, 0.5) is 5.69 Å². The molecule has 0 spiro atoms. The summed E-state index contributed by atoms with van der Waals surface area (Å²) in [4.78, 5) is 15.6. The molecule has 0 unspecified atom stereocenters. The van der Waals surface area contributed by atoms with Crippen molar-refractivity contribution in [1.82, 2.24) is 4.90 Å². The Kier molecular flexibility index (Phi) is 6.36. The SMILES string of the molecule is Cc1ccccc1N(CCCN)CCC(=O)N(C)C. The standard InChI is InChI=1S/C15H25N3O/c1-13-7-4-5-8-14(13)18(11-6-10-16)12-9-15(19)17(2)3/h4-5,7-8H,6,9-12,16H2,1-3H3. The first-order valence-electron chi connectivity index (χ1n) is 6.77.